The van der Waals surface area contributed by atoms with E-state index in [2.05, 4.69) is 0 Å². The van der Waals surface area contributed by atoms with E-state index in [1.54, 1.807) is 0 Å². The van der Waals surface area contributed by atoms with Gasteiger partial charge in [-0.3, -0.25) is 29.0 Å². The van der Waals surface area contributed by atoms with Crippen LogP contribution in [0.4, 0.5) is 0 Å². The molecule has 0 saturated heterocycles. The molecule has 21 heavy (non-hydrogen) atoms. The van der Waals surface area contributed by atoms with Crippen LogP contribution in [0.5, 0.6) is 0 Å². The van der Waals surface area contributed by atoms with Crippen molar-refractivity contribution in [2.24, 2.45) is 0 Å². The summed E-state index contributed by atoms with van der Waals surface area (Å²) in [6, 6.07) is 0. The van der Waals surface area contributed by atoms with E-state index in [0.29, 0.717) is 11.5 Å². The van der Waals surface area contributed by atoms with Gasteiger partial charge in [-0.1, -0.05) is 23.2 Å². The van der Waals surface area contributed by atoms with Crippen LogP contribution >= 0.6 is 35.0 Å². The van der Waals surface area contributed by atoms with E-state index < -0.39 is 23.6 Å². The van der Waals surface area contributed by atoms with Gasteiger partial charge in [0, 0.05) is 36.7 Å². The molecular weight excluding hydrogens is 339 g/mol. The van der Waals surface area contributed by atoms with Crippen LogP contribution in [0.15, 0.2) is 22.2 Å². The molecule has 6 nitrogen and oxygen atoms in total. The van der Waals surface area contributed by atoms with Gasteiger partial charge in [0.1, 0.15) is 10.1 Å². The molecule has 0 aromatic heterocycles. The summed E-state index contributed by atoms with van der Waals surface area (Å²) in [5.74, 6) is -0.857. The molecular formula is C12H10Cl2N2O4S. The van der Waals surface area contributed by atoms with Gasteiger partial charge in [-0.15, -0.1) is 0 Å². The molecule has 2 aliphatic rings. The minimum Gasteiger partial charge on any atom is -0.273 e. The Balaban J connectivity index is 1.68. The zero-order valence-electron chi connectivity index (χ0n) is 10.7. The molecule has 0 radical (unpaired) electrons. The van der Waals surface area contributed by atoms with Crippen molar-refractivity contribution in [3.63, 3.8) is 0 Å². The van der Waals surface area contributed by atoms with Crippen molar-refractivity contribution in [2.75, 3.05) is 24.6 Å². The maximum Gasteiger partial charge on any atom is 0.272 e. The summed E-state index contributed by atoms with van der Waals surface area (Å²) in [5, 5.41) is -0.169. The van der Waals surface area contributed by atoms with Gasteiger partial charge in [-0.25, -0.2) is 0 Å². The first-order valence-corrected chi connectivity index (χ1v) is 7.86. The number of hydrogen-bond acceptors (Lipinski definition) is 5. The highest BCUT2D eigenvalue weighted by atomic mass is 35.5. The number of rotatable bonds is 6. The van der Waals surface area contributed by atoms with Crippen LogP contribution in [0, 0.1) is 0 Å². The van der Waals surface area contributed by atoms with E-state index in [4.69, 9.17) is 23.2 Å². The molecule has 0 aromatic rings. The number of imide groups is 2. The Labute approximate surface area is 134 Å². The van der Waals surface area contributed by atoms with Crippen molar-refractivity contribution in [2.45, 2.75) is 0 Å². The van der Waals surface area contributed by atoms with E-state index in [9.17, 15) is 19.2 Å². The van der Waals surface area contributed by atoms with E-state index in [1.165, 1.54) is 11.8 Å². The second-order valence-electron chi connectivity index (χ2n) is 4.19. The Hall–Kier alpha value is -1.31. The third-order valence-electron chi connectivity index (χ3n) is 2.85. The van der Waals surface area contributed by atoms with Crippen LogP contribution in [0.3, 0.4) is 0 Å². The highest BCUT2D eigenvalue weighted by molar-refractivity contribution is 7.99. The first kappa shape index (κ1) is 16.1. The van der Waals surface area contributed by atoms with E-state index >= 15 is 0 Å². The largest absolute Gasteiger partial charge is 0.273 e. The molecule has 2 heterocycles. The maximum atomic E-state index is 11.5. The lowest BCUT2D eigenvalue weighted by Gasteiger charge is -2.15. The fourth-order valence-electron chi connectivity index (χ4n) is 1.79. The summed E-state index contributed by atoms with van der Waals surface area (Å²) >= 11 is 12.5. The second-order valence-corrected chi connectivity index (χ2v) is 6.23. The average molecular weight is 349 g/mol. The Morgan fingerprint density at radius 2 is 1.19 bits per heavy atom. The van der Waals surface area contributed by atoms with E-state index in [-0.39, 0.29) is 23.2 Å². The number of carbonyl (C=O) groups excluding carboxylic acids is 4. The summed E-state index contributed by atoms with van der Waals surface area (Å²) in [7, 11) is 0. The monoisotopic (exact) mass is 348 g/mol. The van der Waals surface area contributed by atoms with Crippen molar-refractivity contribution in [3.8, 4) is 0 Å². The van der Waals surface area contributed by atoms with Gasteiger partial charge >= 0.3 is 0 Å². The molecule has 4 amide bonds. The molecule has 0 fully saturated rings. The van der Waals surface area contributed by atoms with Crippen molar-refractivity contribution >= 4 is 58.6 Å². The zero-order valence-corrected chi connectivity index (χ0v) is 13.0. The van der Waals surface area contributed by atoms with Gasteiger partial charge in [0.25, 0.3) is 23.6 Å². The normalized spacial score (nSPS) is 18.8. The minimum atomic E-state index is -0.497. The molecule has 112 valence electrons. The van der Waals surface area contributed by atoms with E-state index in [0.717, 1.165) is 22.0 Å². The lowest BCUT2D eigenvalue weighted by atomic mass is 10.5. The molecule has 2 rings (SSSR count). The van der Waals surface area contributed by atoms with Crippen molar-refractivity contribution in [3.05, 3.63) is 22.2 Å². The number of hydrogen-bond donors (Lipinski definition) is 0. The summed E-state index contributed by atoms with van der Waals surface area (Å²) < 4.78 is 0. The topological polar surface area (TPSA) is 74.8 Å². The SMILES string of the molecule is O=C1C=C(Cl)C(=O)N1CCSCCN1C(=O)C=C(Cl)C1=O. The van der Waals surface area contributed by atoms with Crippen LogP contribution < -0.4 is 0 Å². The van der Waals surface area contributed by atoms with Crippen molar-refractivity contribution in [1.82, 2.24) is 9.80 Å². The minimum absolute atomic E-state index is 0.0843. The molecule has 0 unspecified atom stereocenters. The van der Waals surface area contributed by atoms with Crippen LogP contribution in [0.25, 0.3) is 0 Å². The van der Waals surface area contributed by atoms with Crippen LogP contribution in [0.2, 0.25) is 0 Å². The zero-order chi connectivity index (χ0) is 15.6. The first-order chi connectivity index (χ1) is 9.91. The molecule has 0 N–H and O–H groups in total. The van der Waals surface area contributed by atoms with Gasteiger partial charge in [0.05, 0.1) is 0 Å². The average Bonchev–Trinajstić information content (AvgIpc) is 2.80. The molecule has 9 heteroatoms. The quantitative estimate of drug-likeness (QED) is 0.521. The van der Waals surface area contributed by atoms with Gasteiger partial charge in [-0.05, 0) is 0 Å². The highest BCUT2D eigenvalue weighted by Gasteiger charge is 2.30. The van der Waals surface area contributed by atoms with Crippen LogP contribution in [0.1, 0.15) is 0 Å². The fraction of sp³-hybridized carbons (Fsp3) is 0.333. The summed E-state index contributed by atoms with van der Waals surface area (Å²) in [6.45, 7) is 0.464. The summed E-state index contributed by atoms with van der Waals surface area (Å²) in [6.07, 6.45) is 2.17. The molecule has 0 saturated carbocycles. The molecule has 2 aliphatic heterocycles. The molecule has 0 atom stereocenters. The lowest BCUT2D eigenvalue weighted by Crippen LogP contribution is -2.34. The van der Waals surface area contributed by atoms with Gasteiger partial charge in [0.2, 0.25) is 0 Å². The number of thioether (sulfide) groups is 1. The highest BCUT2D eigenvalue weighted by Crippen LogP contribution is 2.18. The van der Waals surface area contributed by atoms with Gasteiger partial charge < -0.3 is 0 Å². The Morgan fingerprint density at radius 1 is 0.810 bits per heavy atom. The maximum absolute atomic E-state index is 11.5. The van der Waals surface area contributed by atoms with Gasteiger partial charge in [-0.2, -0.15) is 11.8 Å². The van der Waals surface area contributed by atoms with Crippen LogP contribution in [-0.4, -0.2) is 58.0 Å². The smallest absolute Gasteiger partial charge is 0.272 e. The number of amides is 4. The molecule has 0 bridgehead atoms. The molecule has 0 spiro atoms. The van der Waals surface area contributed by atoms with Crippen molar-refractivity contribution < 1.29 is 19.2 Å². The van der Waals surface area contributed by atoms with E-state index in [1.807, 2.05) is 0 Å². The Bertz CT molecular complexity index is 538. The summed E-state index contributed by atoms with van der Waals surface area (Å²) in [4.78, 5) is 47.9. The lowest BCUT2D eigenvalue weighted by molar-refractivity contribution is -0.138. The number of carbonyl (C=O) groups is 4. The fourth-order valence-corrected chi connectivity index (χ4v) is 3.01. The molecule has 0 aliphatic carbocycles. The van der Waals surface area contributed by atoms with Crippen LogP contribution in [-0.2, 0) is 19.2 Å². The Kier molecular flexibility index (Phi) is 5.08. The predicted molar refractivity (Wildman–Crippen MR) is 78.6 cm³/mol. The second kappa shape index (κ2) is 6.64. The third kappa shape index (κ3) is 3.48. The molecule has 0 aromatic carbocycles. The summed E-state index contributed by atoms with van der Waals surface area (Å²) in [5.41, 5.74) is 0. The standard InChI is InChI=1S/C12H10Cl2N2O4S/c13-7-5-9(17)15(11(7)19)1-3-21-4-2-16-10(18)6-8(14)12(16)20/h5-6H,1-4H2. The number of halogens is 2. The third-order valence-corrected chi connectivity index (χ3v) is 4.33. The van der Waals surface area contributed by atoms with Gasteiger partial charge in [0.15, 0.2) is 0 Å². The predicted octanol–water partition coefficient (Wildman–Crippen LogP) is 0.703. The van der Waals surface area contributed by atoms with Crippen molar-refractivity contribution in [1.29, 1.82) is 0 Å². The Morgan fingerprint density at radius 3 is 1.48 bits per heavy atom. The first-order valence-electron chi connectivity index (χ1n) is 5.95. The number of nitrogens with zero attached hydrogens (tertiary/aromatic N) is 2.